The molecule has 0 aliphatic carbocycles. The zero-order chi connectivity index (χ0) is 21.6. The van der Waals surface area contributed by atoms with Crippen LogP contribution in [0.15, 0.2) is 72.8 Å². The number of fused-ring (bicyclic) bond motifs is 1. The molecule has 0 atom stereocenters. The van der Waals surface area contributed by atoms with E-state index in [2.05, 4.69) is 5.32 Å². The van der Waals surface area contributed by atoms with E-state index in [0.29, 0.717) is 54.6 Å². The maximum atomic E-state index is 13.1. The van der Waals surface area contributed by atoms with Crippen LogP contribution in [0.4, 0.5) is 5.69 Å². The number of hydrogen-bond acceptors (Lipinski definition) is 4. The fraction of sp³-hybridized carbons (Fsp3) is 0.200. The first-order chi connectivity index (χ1) is 15.2. The van der Waals surface area contributed by atoms with Crippen molar-refractivity contribution in [3.05, 3.63) is 89.5 Å². The van der Waals surface area contributed by atoms with Gasteiger partial charge in [0.1, 0.15) is 13.2 Å². The Bertz CT molecular complexity index is 1060. The van der Waals surface area contributed by atoms with Gasteiger partial charge >= 0.3 is 0 Å². The fourth-order valence-corrected chi connectivity index (χ4v) is 3.46. The molecule has 31 heavy (non-hydrogen) atoms. The molecule has 1 heterocycles. The molecule has 6 heteroatoms. The zero-order valence-corrected chi connectivity index (χ0v) is 17.3. The number of carbonyl (C=O) groups is 2. The normalized spacial score (nSPS) is 12.2. The van der Waals surface area contributed by atoms with Crippen LogP contribution in [0, 0.1) is 0 Å². The number of anilines is 1. The highest BCUT2D eigenvalue weighted by Crippen LogP contribution is 2.34. The second kappa shape index (κ2) is 9.34. The number of carbonyl (C=O) groups excluding carboxylic acids is 2. The van der Waals surface area contributed by atoms with Gasteiger partial charge in [-0.2, -0.15) is 0 Å². The summed E-state index contributed by atoms with van der Waals surface area (Å²) in [7, 11) is 0. The third-order valence-electron chi connectivity index (χ3n) is 5.10. The van der Waals surface area contributed by atoms with Crippen molar-refractivity contribution >= 4 is 17.5 Å². The second-order valence-electron chi connectivity index (χ2n) is 7.16. The molecule has 1 N–H and O–H groups in total. The standard InChI is InChI=1S/C25H24N2O4/c1-2-27(17-20-9-6-10-22-23(20)31-16-15-30-22)25(29)19-11-13-21(14-12-19)26-24(28)18-7-4-3-5-8-18/h3-14H,2,15-17H2,1H3,(H,26,28). The van der Waals surface area contributed by atoms with Gasteiger partial charge in [0, 0.05) is 35.5 Å². The minimum absolute atomic E-state index is 0.0854. The van der Waals surface area contributed by atoms with Gasteiger partial charge in [-0.25, -0.2) is 0 Å². The Labute approximate surface area is 181 Å². The highest BCUT2D eigenvalue weighted by Gasteiger charge is 2.20. The van der Waals surface area contributed by atoms with Crippen molar-refractivity contribution < 1.29 is 19.1 Å². The molecule has 0 saturated heterocycles. The van der Waals surface area contributed by atoms with Gasteiger partial charge in [-0.1, -0.05) is 30.3 Å². The number of nitrogens with zero attached hydrogens (tertiary/aromatic N) is 1. The highest BCUT2D eigenvalue weighted by atomic mass is 16.6. The Morgan fingerprint density at radius 1 is 0.871 bits per heavy atom. The van der Waals surface area contributed by atoms with Crippen molar-refractivity contribution in [1.29, 1.82) is 0 Å². The zero-order valence-electron chi connectivity index (χ0n) is 17.3. The third kappa shape index (κ3) is 4.69. The second-order valence-corrected chi connectivity index (χ2v) is 7.16. The number of para-hydroxylation sites is 1. The van der Waals surface area contributed by atoms with Crippen LogP contribution in [0.2, 0.25) is 0 Å². The van der Waals surface area contributed by atoms with Crippen LogP contribution in [0.1, 0.15) is 33.2 Å². The first kappa shape index (κ1) is 20.5. The van der Waals surface area contributed by atoms with Gasteiger partial charge in [0.05, 0.1) is 0 Å². The van der Waals surface area contributed by atoms with Crippen molar-refractivity contribution in [2.75, 3.05) is 25.1 Å². The van der Waals surface area contributed by atoms with Crippen molar-refractivity contribution in [2.24, 2.45) is 0 Å². The number of amides is 2. The lowest BCUT2D eigenvalue weighted by Gasteiger charge is -2.25. The summed E-state index contributed by atoms with van der Waals surface area (Å²) in [6.45, 7) is 3.95. The summed E-state index contributed by atoms with van der Waals surface area (Å²) in [5.74, 6) is 1.15. The summed E-state index contributed by atoms with van der Waals surface area (Å²) in [6, 6.07) is 21.7. The van der Waals surface area contributed by atoms with Crippen molar-refractivity contribution in [3.8, 4) is 11.5 Å². The SMILES string of the molecule is CCN(Cc1cccc2c1OCCO2)C(=O)c1ccc(NC(=O)c2ccccc2)cc1. The van der Waals surface area contributed by atoms with Crippen LogP contribution in [0.3, 0.4) is 0 Å². The summed E-state index contributed by atoms with van der Waals surface area (Å²) >= 11 is 0. The van der Waals surface area contributed by atoms with E-state index in [9.17, 15) is 9.59 Å². The molecule has 0 radical (unpaired) electrons. The predicted octanol–water partition coefficient (Wildman–Crippen LogP) is 4.37. The van der Waals surface area contributed by atoms with E-state index in [0.717, 1.165) is 5.56 Å². The Hall–Kier alpha value is -3.80. The summed E-state index contributed by atoms with van der Waals surface area (Å²) in [4.78, 5) is 27.1. The van der Waals surface area contributed by atoms with Crippen LogP contribution >= 0.6 is 0 Å². The molecule has 3 aromatic carbocycles. The van der Waals surface area contributed by atoms with Crippen LogP contribution in [0.5, 0.6) is 11.5 Å². The van der Waals surface area contributed by atoms with Crippen molar-refractivity contribution in [1.82, 2.24) is 4.90 Å². The molecule has 0 spiro atoms. The van der Waals surface area contributed by atoms with Crippen LogP contribution in [-0.2, 0) is 6.54 Å². The molecule has 0 fully saturated rings. The molecule has 3 aromatic rings. The van der Waals surface area contributed by atoms with E-state index in [1.54, 1.807) is 41.3 Å². The summed E-state index contributed by atoms with van der Waals surface area (Å²) < 4.78 is 11.4. The van der Waals surface area contributed by atoms with Crippen LogP contribution in [-0.4, -0.2) is 36.5 Å². The minimum atomic E-state index is -0.189. The molecule has 0 bridgehead atoms. The van der Waals surface area contributed by atoms with Crippen molar-refractivity contribution in [3.63, 3.8) is 0 Å². The number of nitrogens with one attached hydrogen (secondary N) is 1. The molecule has 158 valence electrons. The van der Waals surface area contributed by atoms with Gasteiger partial charge in [-0.3, -0.25) is 9.59 Å². The molecule has 0 saturated carbocycles. The number of hydrogen-bond donors (Lipinski definition) is 1. The molecule has 1 aliphatic heterocycles. The molecule has 4 rings (SSSR count). The van der Waals surface area contributed by atoms with Crippen LogP contribution in [0.25, 0.3) is 0 Å². The number of ether oxygens (including phenoxy) is 2. The Balaban J connectivity index is 1.45. The molecule has 1 aliphatic rings. The van der Waals surface area contributed by atoms with Gasteiger partial charge < -0.3 is 19.7 Å². The first-order valence-electron chi connectivity index (χ1n) is 10.3. The maximum Gasteiger partial charge on any atom is 0.255 e. The summed E-state index contributed by atoms with van der Waals surface area (Å²) in [6.07, 6.45) is 0. The van der Waals surface area contributed by atoms with Gasteiger partial charge in [0.15, 0.2) is 11.5 Å². The lowest BCUT2D eigenvalue weighted by Crippen LogP contribution is -2.31. The lowest BCUT2D eigenvalue weighted by molar-refractivity contribution is 0.0749. The summed E-state index contributed by atoms with van der Waals surface area (Å²) in [5, 5.41) is 2.85. The Morgan fingerprint density at radius 3 is 2.35 bits per heavy atom. The molecule has 6 nitrogen and oxygen atoms in total. The van der Waals surface area contributed by atoms with Gasteiger partial charge in [0.2, 0.25) is 0 Å². The molecular weight excluding hydrogens is 392 g/mol. The van der Waals surface area contributed by atoms with E-state index in [1.807, 2.05) is 43.3 Å². The highest BCUT2D eigenvalue weighted by molar-refractivity contribution is 6.04. The van der Waals surface area contributed by atoms with Gasteiger partial charge in [-0.05, 0) is 49.4 Å². The average Bonchev–Trinajstić information content (AvgIpc) is 2.83. The maximum absolute atomic E-state index is 13.1. The average molecular weight is 416 g/mol. The Morgan fingerprint density at radius 2 is 1.61 bits per heavy atom. The van der Waals surface area contributed by atoms with Gasteiger partial charge in [0.25, 0.3) is 11.8 Å². The minimum Gasteiger partial charge on any atom is -0.486 e. The monoisotopic (exact) mass is 416 g/mol. The van der Waals surface area contributed by atoms with E-state index in [4.69, 9.17) is 9.47 Å². The third-order valence-corrected chi connectivity index (χ3v) is 5.10. The summed E-state index contributed by atoms with van der Waals surface area (Å²) in [5.41, 5.74) is 2.69. The number of benzene rings is 3. The van der Waals surface area contributed by atoms with Gasteiger partial charge in [-0.15, -0.1) is 0 Å². The molecule has 0 unspecified atom stereocenters. The van der Waals surface area contributed by atoms with E-state index >= 15 is 0 Å². The van der Waals surface area contributed by atoms with Crippen LogP contribution < -0.4 is 14.8 Å². The topological polar surface area (TPSA) is 67.9 Å². The lowest BCUT2D eigenvalue weighted by atomic mass is 10.1. The van der Waals surface area contributed by atoms with E-state index < -0.39 is 0 Å². The molecular formula is C25H24N2O4. The van der Waals surface area contributed by atoms with Crippen molar-refractivity contribution in [2.45, 2.75) is 13.5 Å². The molecule has 2 amide bonds. The molecule has 0 aromatic heterocycles. The largest absolute Gasteiger partial charge is 0.486 e. The quantitative estimate of drug-likeness (QED) is 0.648. The fourth-order valence-electron chi connectivity index (χ4n) is 3.46. The smallest absolute Gasteiger partial charge is 0.255 e. The number of rotatable bonds is 6. The predicted molar refractivity (Wildman–Crippen MR) is 119 cm³/mol. The van der Waals surface area contributed by atoms with E-state index in [-0.39, 0.29) is 11.8 Å². The van der Waals surface area contributed by atoms with E-state index in [1.165, 1.54) is 0 Å². The Kier molecular flexibility index (Phi) is 6.17. The first-order valence-corrected chi connectivity index (χ1v) is 10.3.